The molecular formula is C27H34N10O5. The van der Waals surface area contributed by atoms with Crippen molar-refractivity contribution < 1.29 is 24.5 Å². The summed E-state index contributed by atoms with van der Waals surface area (Å²) in [5.41, 5.74) is 12.4. The van der Waals surface area contributed by atoms with Crippen LogP contribution in [0.25, 0.3) is 0 Å². The number of carbonyl (C=O) groups excluding carboxylic acids is 2. The van der Waals surface area contributed by atoms with Gasteiger partial charge in [0.05, 0.1) is 23.9 Å². The van der Waals surface area contributed by atoms with Gasteiger partial charge in [-0.2, -0.15) is 5.10 Å². The van der Waals surface area contributed by atoms with Crippen molar-refractivity contribution >= 4 is 23.7 Å². The first-order valence-electron chi connectivity index (χ1n) is 13.7. The number of benzene rings is 1. The molecule has 2 aromatic rings. The zero-order valence-corrected chi connectivity index (χ0v) is 23.5. The van der Waals surface area contributed by atoms with Gasteiger partial charge in [-0.1, -0.05) is 26.0 Å². The average molecular weight is 579 g/mol. The maximum Gasteiger partial charge on any atom is 0.271 e. The fraction of sp³-hybridized carbons (Fsp3) is 0.481. The topological polar surface area (TPSA) is 226 Å². The van der Waals surface area contributed by atoms with Gasteiger partial charge >= 0.3 is 0 Å². The van der Waals surface area contributed by atoms with E-state index < -0.39 is 41.4 Å². The first-order valence-corrected chi connectivity index (χ1v) is 13.7. The Bertz CT molecular complexity index is 1510. The minimum atomic E-state index is -2.63. The van der Waals surface area contributed by atoms with E-state index in [1.165, 1.54) is 4.90 Å². The number of aromatic nitrogens is 2. The quantitative estimate of drug-likeness (QED) is 0.193. The van der Waals surface area contributed by atoms with Crippen LogP contribution in [0.1, 0.15) is 52.4 Å². The van der Waals surface area contributed by atoms with E-state index in [9.17, 15) is 19.8 Å². The van der Waals surface area contributed by atoms with Crippen LogP contribution < -0.4 is 32.2 Å². The summed E-state index contributed by atoms with van der Waals surface area (Å²) in [4.78, 5) is 36.6. The molecule has 4 aliphatic heterocycles. The standard InChI is InChI=1S/C27H34N10O5/c1-13-7-8-16(36-35-13)22(39)30-11-17-20-26(34-23(28)33-20)27(40,41)18(12-37(26)24(29)31-17)32-21(38)14-5-4-6-15-19(14)42-10-9-25(15,2)3/h4-8,17-18,20,40-41H,9-12H2,1-3H3,(H2,29,31)(H,30,39)(H,32,38)(H3,28,33,34)/t17-,18-,20-,26-/m0/s1. The average Bonchev–Trinajstić information content (AvgIpc) is 3.41. The van der Waals surface area contributed by atoms with Gasteiger partial charge in [-0.15, -0.1) is 5.10 Å². The van der Waals surface area contributed by atoms with Gasteiger partial charge in [0, 0.05) is 18.7 Å². The van der Waals surface area contributed by atoms with Crippen LogP contribution in [0, 0.1) is 6.92 Å². The summed E-state index contributed by atoms with van der Waals surface area (Å²) in [7, 11) is 0. The van der Waals surface area contributed by atoms with E-state index in [4.69, 9.17) is 16.2 Å². The molecule has 1 aromatic heterocycles. The summed E-state index contributed by atoms with van der Waals surface area (Å²) >= 11 is 0. The van der Waals surface area contributed by atoms with E-state index in [0.29, 0.717) is 18.1 Å². The summed E-state index contributed by atoms with van der Waals surface area (Å²) < 4.78 is 5.89. The molecule has 9 N–H and O–H groups in total. The molecule has 15 heteroatoms. The number of aryl methyl sites for hydroxylation is 1. The van der Waals surface area contributed by atoms with Crippen LogP contribution in [0.2, 0.25) is 0 Å². The number of carbonyl (C=O) groups is 2. The zero-order valence-electron chi connectivity index (χ0n) is 23.5. The van der Waals surface area contributed by atoms with E-state index in [0.717, 1.165) is 12.0 Å². The largest absolute Gasteiger partial charge is 0.492 e. The molecule has 42 heavy (non-hydrogen) atoms. The molecule has 1 spiro atoms. The lowest BCUT2D eigenvalue weighted by Gasteiger charge is -2.49. The summed E-state index contributed by atoms with van der Waals surface area (Å²) in [5, 5.41) is 39.6. The molecule has 1 fully saturated rings. The first kappa shape index (κ1) is 27.7. The van der Waals surface area contributed by atoms with Gasteiger partial charge in [-0.25, -0.2) is 9.98 Å². The molecule has 0 saturated carbocycles. The van der Waals surface area contributed by atoms with Gasteiger partial charge in [0.15, 0.2) is 23.3 Å². The Morgan fingerprint density at radius 2 is 1.93 bits per heavy atom. The lowest BCUT2D eigenvalue weighted by Crippen LogP contribution is -2.78. The SMILES string of the molecule is Cc1ccc(C(=O)NC[C@@H]2N=C(N)N3C[C@H](NC(=O)c4cccc5c4OCCC5(C)C)C(O)(O)[C@@]34NC(N)=N[C@@H]24)nn1. The molecule has 1 saturated heterocycles. The highest BCUT2D eigenvalue weighted by atomic mass is 16.5. The van der Waals surface area contributed by atoms with Gasteiger partial charge < -0.3 is 47.3 Å². The Kier molecular flexibility index (Phi) is 6.27. The van der Waals surface area contributed by atoms with E-state index in [-0.39, 0.29) is 41.7 Å². The molecule has 0 bridgehead atoms. The number of hydrogen-bond donors (Lipinski definition) is 7. The van der Waals surface area contributed by atoms with E-state index >= 15 is 0 Å². The van der Waals surface area contributed by atoms with Crippen LogP contribution in [0.5, 0.6) is 5.75 Å². The van der Waals surface area contributed by atoms with Gasteiger partial charge in [-0.3, -0.25) is 9.59 Å². The predicted molar refractivity (Wildman–Crippen MR) is 150 cm³/mol. The third-order valence-corrected chi connectivity index (χ3v) is 8.57. The van der Waals surface area contributed by atoms with Crippen LogP contribution in [0.4, 0.5) is 0 Å². The van der Waals surface area contributed by atoms with Crippen LogP contribution in [0.15, 0.2) is 40.3 Å². The molecule has 0 unspecified atom stereocenters. The van der Waals surface area contributed by atoms with Crippen molar-refractivity contribution in [2.45, 2.75) is 62.2 Å². The van der Waals surface area contributed by atoms with E-state index in [2.05, 4.69) is 50.0 Å². The molecule has 2 amide bonds. The van der Waals surface area contributed by atoms with Crippen molar-refractivity contribution in [3.63, 3.8) is 0 Å². The van der Waals surface area contributed by atoms with E-state index in [1.807, 2.05) is 6.07 Å². The molecule has 4 aliphatic rings. The summed E-state index contributed by atoms with van der Waals surface area (Å²) in [6.45, 7) is 6.20. The molecule has 1 aromatic carbocycles. The molecule has 0 aliphatic carbocycles. The zero-order chi connectivity index (χ0) is 30.0. The normalized spacial score (nSPS) is 28.2. The first-order chi connectivity index (χ1) is 19.8. The summed E-state index contributed by atoms with van der Waals surface area (Å²) in [6.07, 6.45) is 0.800. The Labute approximate surface area is 241 Å². The maximum absolute atomic E-state index is 13.6. The third kappa shape index (κ3) is 4.10. The minimum Gasteiger partial charge on any atom is -0.492 e. The molecule has 6 rings (SSSR count). The Hall–Kier alpha value is -4.50. The molecule has 5 heterocycles. The highest BCUT2D eigenvalue weighted by molar-refractivity contribution is 5.98. The van der Waals surface area contributed by atoms with Crippen molar-refractivity contribution in [2.75, 3.05) is 19.7 Å². The molecule has 4 atom stereocenters. The van der Waals surface area contributed by atoms with Gasteiger partial charge in [-0.05, 0) is 37.0 Å². The van der Waals surface area contributed by atoms with Crippen molar-refractivity contribution in [1.29, 1.82) is 0 Å². The second-order valence-electron chi connectivity index (χ2n) is 11.7. The predicted octanol–water partition coefficient (Wildman–Crippen LogP) is -1.95. The van der Waals surface area contributed by atoms with Crippen LogP contribution >= 0.6 is 0 Å². The molecule has 0 radical (unpaired) electrons. The lowest BCUT2D eigenvalue weighted by molar-refractivity contribution is -0.230. The number of nitrogens with two attached hydrogens (primary N) is 2. The number of para-hydroxylation sites is 1. The Morgan fingerprint density at radius 3 is 2.67 bits per heavy atom. The van der Waals surface area contributed by atoms with Crippen molar-refractivity contribution in [1.82, 2.24) is 31.0 Å². The Balaban J connectivity index is 1.26. The van der Waals surface area contributed by atoms with Crippen LogP contribution in [0.3, 0.4) is 0 Å². The number of ether oxygens (including phenoxy) is 1. The number of nitrogens with zero attached hydrogens (tertiary/aromatic N) is 5. The molecule has 15 nitrogen and oxygen atoms in total. The number of aliphatic hydroxyl groups is 2. The lowest BCUT2D eigenvalue weighted by atomic mass is 9.79. The maximum atomic E-state index is 13.6. The fourth-order valence-corrected chi connectivity index (χ4v) is 6.24. The monoisotopic (exact) mass is 578 g/mol. The van der Waals surface area contributed by atoms with Crippen LogP contribution in [-0.4, -0.2) is 98.3 Å². The van der Waals surface area contributed by atoms with E-state index in [1.54, 1.807) is 31.2 Å². The Morgan fingerprint density at radius 1 is 1.14 bits per heavy atom. The molecular weight excluding hydrogens is 544 g/mol. The van der Waals surface area contributed by atoms with Crippen molar-refractivity contribution in [2.24, 2.45) is 21.5 Å². The fourth-order valence-electron chi connectivity index (χ4n) is 6.24. The number of aliphatic imine (C=N–C) groups is 2. The minimum absolute atomic E-state index is 0.0376. The van der Waals surface area contributed by atoms with Gasteiger partial charge in [0.1, 0.15) is 17.8 Å². The number of amides is 2. The van der Waals surface area contributed by atoms with Gasteiger partial charge in [0.2, 0.25) is 5.79 Å². The van der Waals surface area contributed by atoms with Crippen LogP contribution in [-0.2, 0) is 5.41 Å². The molecule has 222 valence electrons. The number of guanidine groups is 2. The summed E-state index contributed by atoms with van der Waals surface area (Å²) in [6, 6.07) is 5.49. The van der Waals surface area contributed by atoms with Crippen molar-refractivity contribution in [3.05, 3.63) is 52.8 Å². The highest BCUT2D eigenvalue weighted by Gasteiger charge is 2.73. The number of nitrogens with one attached hydrogen (secondary N) is 3. The number of hydrogen-bond acceptors (Lipinski definition) is 13. The third-order valence-electron chi connectivity index (χ3n) is 8.57. The number of rotatable bonds is 5. The van der Waals surface area contributed by atoms with Crippen molar-refractivity contribution in [3.8, 4) is 5.75 Å². The second-order valence-corrected chi connectivity index (χ2v) is 11.7. The smallest absolute Gasteiger partial charge is 0.271 e. The van der Waals surface area contributed by atoms with Gasteiger partial charge in [0.25, 0.3) is 11.8 Å². The summed E-state index contributed by atoms with van der Waals surface area (Å²) in [5.74, 6) is -3.30. The second kappa shape index (κ2) is 9.52. The highest BCUT2D eigenvalue weighted by Crippen LogP contribution is 2.45. The number of fused-ring (bicyclic) bond motifs is 1.